The van der Waals surface area contributed by atoms with Crippen molar-refractivity contribution in [3.05, 3.63) is 23.4 Å². The van der Waals surface area contributed by atoms with E-state index in [9.17, 15) is 4.21 Å². The molecular weight excluding hydrogens is 241 g/mol. The molecular formula is C9H9Cl2NOS. The van der Waals surface area contributed by atoms with E-state index in [1.807, 2.05) is 13.0 Å². The van der Waals surface area contributed by atoms with Crippen molar-refractivity contribution in [2.75, 3.05) is 0 Å². The molecule has 5 heteroatoms. The zero-order chi connectivity index (χ0) is 10.3. The summed E-state index contributed by atoms with van der Waals surface area (Å²) >= 11 is 12.0. The first-order valence-electron chi connectivity index (χ1n) is 4.32. The Morgan fingerprint density at radius 3 is 2.93 bits per heavy atom. The van der Waals surface area contributed by atoms with Gasteiger partial charge in [0.25, 0.3) is 0 Å². The van der Waals surface area contributed by atoms with Gasteiger partial charge in [-0.3, -0.25) is 4.21 Å². The normalized spacial score (nSPS) is 30.4. The number of aryl methyl sites for hydroxylation is 1. The number of hydrogen-bond donors (Lipinski definition) is 0. The molecule has 3 atom stereocenters. The van der Waals surface area contributed by atoms with Gasteiger partial charge in [0.1, 0.15) is 9.74 Å². The number of alkyl halides is 2. The van der Waals surface area contributed by atoms with E-state index in [1.165, 1.54) is 0 Å². The van der Waals surface area contributed by atoms with E-state index >= 15 is 0 Å². The average Bonchev–Trinajstić information content (AvgIpc) is 2.44. The quantitative estimate of drug-likeness (QED) is 0.717. The number of rotatable bonds is 1. The average molecular weight is 250 g/mol. The molecule has 2 heterocycles. The van der Waals surface area contributed by atoms with Crippen LogP contribution in [0.1, 0.15) is 23.4 Å². The standard InChI is InChI=1S/C9H9Cl2NOS/c1-2-5-3-6-7(10)8(11)14(13)9(6)12-4-5/h3-4,7-8H,2H2,1H3. The zero-order valence-corrected chi connectivity index (χ0v) is 9.86. The van der Waals surface area contributed by atoms with Gasteiger partial charge >= 0.3 is 0 Å². The lowest BCUT2D eigenvalue weighted by molar-refractivity contribution is 0.681. The Morgan fingerprint density at radius 1 is 1.57 bits per heavy atom. The van der Waals surface area contributed by atoms with Crippen molar-refractivity contribution in [2.45, 2.75) is 28.5 Å². The second-order valence-corrected chi connectivity index (χ2v) is 5.83. The highest BCUT2D eigenvalue weighted by molar-refractivity contribution is 7.87. The van der Waals surface area contributed by atoms with Crippen LogP contribution in [0.5, 0.6) is 0 Å². The van der Waals surface area contributed by atoms with E-state index in [0.29, 0.717) is 5.03 Å². The van der Waals surface area contributed by atoms with E-state index in [0.717, 1.165) is 17.5 Å². The van der Waals surface area contributed by atoms with E-state index < -0.39 is 15.5 Å². The van der Waals surface area contributed by atoms with Gasteiger partial charge in [-0.15, -0.1) is 23.2 Å². The first-order chi connectivity index (χ1) is 6.65. The van der Waals surface area contributed by atoms with Crippen LogP contribution in [-0.2, 0) is 17.2 Å². The van der Waals surface area contributed by atoms with E-state index in [4.69, 9.17) is 23.2 Å². The highest BCUT2D eigenvalue weighted by Crippen LogP contribution is 2.41. The molecule has 0 saturated heterocycles. The van der Waals surface area contributed by atoms with Crippen LogP contribution < -0.4 is 0 Å². The Labute approximate surface area is 95.1 Å². The molecule has 1 aliphatic rings. The Morgan fingerprint density at radius 2 is 2.29 bits per heavy atom. The topological polar surface area (TPSA) is 30.0 Å². The number of fused-ring (bicyclic) bond motifs is 1. The van der Waals surface area contributed by atoms with Crippen LogP contribution in [0.2, 0.25) is 0 Å². The molecule has 14 heavy (non-hydrogen) atoms. The molecule has 76 valence electrons. The van der Waals surface area contributed by atoms with E-state index in [1.54, 1.807) is 6.20 Å². The number of pyridine rings is 1. The van der Waals surface area contributed by atoms with Gasteiger partial charge in [0, 0.05) is 11.8 Å². The molecule has 0 aromatic carbocycles. The lowest BCUT2D eigenvalue weighted by Crippen LogP contribution is -2.03. The minimum atomic E-state index is -1.26. The summed E-state index contributed by atoms with van der Waals surface area (Å²) in [7, 11) is -1.26. The van der Waals surface area contributed by atoms with Crippen LogP contribution in [0.15, 0.2) is 17.3 Å². The monoisotopic (exact) mass is 249 g/mol. The second kappa shape index (κ2) is 3.80. The SMILES string of the molecule is CCc1cnc2c(c1)C(Cl)C(Cl)S2=O. The smallest absolute Gasteiger partial charge is 0.135 e. The van der Waals surface area contributed by atoms with Crippen molar-refractivity contribution < 1.29 is 4.21 Å². The van der Waals surface area contributed by atoms with Crippen molar-refractivity contribution >= 4 is 34.0 Å². The fraction of sp³-hybridized carbons (Fsp3) is 0.444. The van der Waals surface area contributed by atoms with Crippen molar-refractivity contribution in [2.24, 2.45) is 0 Å². The number of halogens is 2. The fourth-order valence-corrected chi connectivity index (χ4v) is 3.48. The number of hydrogen-bond acceptors (Lipinski definition) is 2. The summed E-state index contributed by atoms with van der Waals surface area (Å²) < 4.78 is 11.1. The van der Waals surface area contributed by atoms with Gasteiger partial charge < -0.3 is 0 Å². The Kier molecular flexibility index (Phi) is 2.82. The van der Waals surface area contributed by atoms with Gasteiger partial charge in [0.05, 0.1) is 16.2 Å². The molecule has 0 spiro atoms. The summed E-state index contributed by atoms with van der Waals surface area (Å²) in [5.41, 5.74) is 1.92. The third-order valence-electron chi connectivity index (χ3n) is 2.27. The molecule has 1 aromatic rings. The minimum Gasteiger partial charge on any atom is -0.251 e. The minimum absolute atomic E-state index is 0.383. The van der Waals surface area contributed by atoms with Crippen LogP contribution in [-0.4, -0.2) is 13.9 Å². The summed E-state index contributed by atoms with van der Waals surface area (Å²) in [5, 5.41) is 0.161. The van der Waals surface area contributed by atoms with Gasteiger partial charge in [-0.2, -0.15) is 0 Å². The van der Waals surface area contributed by atoms with Gasteiger partial charge in [-0.25, -0.2) is 4.98 Å². The summed E-state index contributed by atoms with van der Waals surface area (Å²) in [6.07, 6.45) is 2.62. The first-order valence-corrected chi connectivity index (χ1v) is 6.41. The van der Waals surface area contributed by atoms with E-state index in [-0.39, 0.29) is 5.38 Å². The molecule has 2 rings (SSSR count). The largest absolute Gasteiger partial charge is 0.251 e. The summed E-state index contributed by atoms with van der Waals surface area (Å²) in [4.78, 5) is 4.14. The lowest BCUT2D eigenvalue weighted by atomic mass is 10.1. The Hall–Kier alpha value is -0.120. The molecule has 0 bridgehead atoms. The van der Waals surface area contributed by atoms with Gasteiger partial charge in [-0.1, -0.05) is 6.92 Å². The molecule has 3 unspecified atom stereocenters. The van der Waals surface area contributed by atoms with Gasteiger partial charge in [-0.05, 0) is 18.1 Å². The molecule has 0 N–H and O–H groups in total. The summed E-state index contributed by atoms with van der Waals surface area (Å²) in [5.74, 6) is 0. The highest BCUT2D eigenvalue weighted by Gasteiger charge is 2.37. The van der Waals surface area contributed by atoms with E-state index in [2.05, 4.69) is 4.98 Å². The summed E-state index contributed by atoms with van der Waals surface area (Å²) in [6, 6.07) is 1.94. The maximum absolute atomic E-state index is 11.6. The van der Waals surface area contributed by atoms with Gasteiger partial charge in [0.2, 0.25) is 0 Å². The Bertz CT molecular complexity index is 396. The first kappa shape index (κ1) is 10.4. The molecule has 1 aromatic heterocycles. The molecule has 1 aliphatic heterocycles. The van der Waals surface area contributed by atoms with Crippen molar-refractivity contribution in [3.63, 3.8) is 0 Å². The predicted octanol–water partition coefficient (Wildman–Crippen LogP) is 2.61. The fourth-order valence-electron chi connectivity index (χ4n) is 1.43. The Balaban J connectivity index is 2.53. The predicted molar refractivity (Wildman–Crippen MR) is 58.3 cm³/mol. The molecule has 0 saturated carbocycles. The third kappa shape index (κ3) is 1.47. The lowest BCUT2D eigenvalue weighted by Gasteiger charge is -2.03. The highest BCUT2D eigenvalue weighted by atomic mass is 35.5. The van der Waals surface area contributed by atoms with Crippen molar-refractivity contribution in [1.82, 2.24) is 4.98 Å². The van der Waals surface area contributed by atoms with Crippen LogP contribution in [0.3, 0.4) is 0 Å². The van der Waals surface area contributed by atoms with Gasteiger partial charge in [0.15, 0.2) is 0 Å². The summed E-state index contributed by atoms with van der Waals surface area (Å²) in [6.45, 7) is 2.04. The maximum atomic E-state index is 11.6. The zero-order valence-electron chi connectivity index (χ0n) is 7.54. The maximum Gasteiger partial charge on any atom is 0.135 e. The van der Waals surface area contributed by atoms with Crippen LogP contribution in [0.4, 0.5) is 0 Å². The molecule has 0 amide bonds. The van der Waals surface area contributed by atoms with Crippen molar-refractivity contribution in [3.8, 4) is 0 Å². The molecule has 0 aliphatic carbocycles. The van der Waals surface area contributed by atoms with Crippen LogP contribution >= 0.6 is 23.2 Å². The number of nitrogens with zero attached hydrogens (tertiary/aromatic N) is 1. The van der Waals surface area contributed by atoms with Crippen LogP contribution in [0.25, 0.3) is 0 Å². The molecule has 0 radical (unpaired) electrons. The third-order valence-corrected chi connectivity index (χ3v) is 5.17. The second-order valence-electron chi connectivity index (χ2n) is 3.14. The van der Waals surface area contributed by atoms with Crippen LogP contribution in [0, 0.1) is 0 Å². The number of aromatic nitrogens is 1. The molecule has 2 nitrogen and oxygen atoms in total. The van der Waals surface area contributed by atoms with Crippen molar-refractivity contribution in [1.29, 1.82) is 0 Å². The molecule has 0 fully saturated rings.